The zero-order valence-electron chi connectivity index (χ0n) is 19.7. The van der Waals surface area contributed by atoms with Gasteiger partial charge in [0.1, 0.15) is 6.04 Å². The number of carbonyl (C=O) groups excluding carboxylic acids is 3. The third kappa shape index (κ3) is 3.32. The first-order valence-electron chi connectivity index (χ1n) is 12.2. The number of nitrogens with zero attached hydrogens (tertiary/aromatic N) is 2. The van der Waals surface area contributed by atoms with Crippen molar-refractivity contribution in [3.05, 3.63) is 95.7 Å². The summed E-state index contributed by atoms with van der Waals surface area (Å²) in [6.45, 7) is 0.318. The van der Waals surface area contributed by atoms with E-state index >= 15 is 0 Å². The van der Waals surface area contributed by atoms with Crippen LogP contribution in [-0.4, -0.2) is 40.4 Å². The largest absolute Gasteiger partial charge is 0.454 e. The molecule has 4 aliphatic rings. The first-order valence-corrected chi connectivity index (χ1v) is 12.2. The Bertz CT molecular complexity index is 1470. The van der Waals surface area contributed by atoms with Crippen LogP contribution in [0.4, 0.5) is 5.69 Å². The number of likely N-dealkylation sites (tertiary alicyclic amines) is 1. The molecule has 3 aromatic carbocycles. The van der Waals surface area contributed by atoms with Crippen LogP contribution in [0.15, 0.2) is 79.0 Å². The maximum atomic E-state index is 13.8. The Morgan fingerprint density at radius 1 is 0.892 bits per heavy atom. The highest BCUT2D eigenvalue weighted by Gasteiger charge is 2.64. The van der Waals surface area contributed by atoms with E-state index in [0.717, 1.165) is 16.7 Å². The minimum absolute atomic E-state index is 0.132. The van der Waals surface area contributed by atoms with Gasteiger partial charge in [-0.3, -0.25) is 19.3 Å². The zero-order valence-corrected chi connectivity index (χ0v) is 19.7. The second-order valence-corrected chi connectivity index (χ2v) is 9.64. The van der Waals surface area contributed by atoms with Crippen molar-refractivity contribution in [2.24, 2.45) is 11.8 Å². The second kappa shape index (κ2) is 8.23. The van der Waals surface area contributed by atoms with E-state index in [0.29, 0.717) is 17.2 Å². The summed E-state index contributed by atoms with van der Waals surface area (Å²) < 4.78 is 10.8. The van der Waals surface area contributed by atoms with E-state index in [2.05, 4.69) is 5.32 Å². The molecule has 0 aliphatic carbocycles. The lowest BCUT2D eigenvalue weighted by molar-refractivity contribution is -0.143. The van der Waals surface area contributed by atoms with Gasteiger partial charge in [-0.05, 0) is 34.9 Å². The lowest BCUT2D eigenvalue weighted by atomic mass is 9.84. The van der Waals surface area contributed by atoms with Crippen molar-refractivity contribution in [3.8, 4) is 11.5 Å². The zero-order chi connectivity index (χ0) is 25.1. The van der Waals surface area contributed by atoms with Gasteiger partial charge in [-0.25, -0.2) is 0 Å². The van der Waals surface area contributed by atoms with Crippen LogP contribution in [0.5, 0.6) is 11.5 Å². The molecule has 3 aromatic rings. The van der Waals surface area contributed by atoms with Crippen molar-refractivity contribution in [2.45, 2.75) is 18.6 Å². The van der Waals surface area contributed by atoms with Gasteiger partial charge in [0.2, 0.25) is 24.5 Å². The molecule has 0 spiro atoms. The normalized spacial score (nSPS) is 24.6. The standard InChI is InChI=1S/C29H23N3O5/c33-27(30-19-10-11-21-22(14-19)37-16-36-21)26-24-23(25-20-9-5-4-8-18(20)12-13-31(25)26)28(34)32(29(24)35)15-17-6-2-1-3-7-17/h1-14,23-26H,15-16H2,(H,30,33)/t23-,24-,25-,26+/m1/s1. The molecule has 4 heterocycles. The van der Waals surface area contributed by atoms with Gasteiger partial charge < -0.3 is 19.7 Å². The van der Waals surface area contributed by atoms with Crippen molar-refractivity contribution in [2.75, 3.05) is 12.1 Å². The molecule has 2 fully saturated rings. The van der Waals surface area contributed by atoms with Crippen molar-refractivity contribution >= 4 is 29.5 Å². The van der Waals surface area contributed by atoms with E-state index in [1.54, 1.807) is 18.2 Å². The lowest BCUT2D eigenvalue weighted by Gasteiger charge is -2.35. The van der Waals surface area contributed by atoms with Crippen LogP contribution in [0.3, 0.4) is 0 Å². The lowest BCUT2D eigenvalue weighted by Crippen LogP contribution is -2.46. The third-order valence-electron chi connectivity index (χ3n) is 7.65. The Balaban J connectivity index is 1.26. The Morgan fingerprint density at radius 2 is 1.65 bits per heavy atom. The summed E-state index contributed by atoms with van der Waals surface area (Å²) in [6.07, 6.45) is 3.78. The molecule has 0 unspecified atom stereocenters. The predicted octanol–water partition coefficient (Wildman–Crippen LogP) is 3.57. The van der Waals surface area contributed by atoms with Crippen molar-refractivity contribution in [1.82, 2.24) is 9.80 Å². The fourth-order valence-electron chi connectivity index (χ4n) is 6.03. The van der Waals surface area contributed by atoms with Crippen LogP contribution in [0.25, 0.3) is 6.08 Å². The predicted molar refractivity (Wildman–Crippen MR) is 134 cm³/mol. The van der Waals surface area contributed by atoms with Crippen LogP contribution in [0, 0.1) is 11.8 Å². The molecule has 4 atom stereocenters. The highest BCUT2D eigenvalue weighted by molar-refractivity contribution is 6.10. The Morgan fingerprint density at radius 3 is 2.51 bits per heavy atom. The van der Waals surface area contributed by atoms with E-state index < -0.39 is 23.9 Å². The number of ether oxygens (including phenoxy) is 2. The molecule has 0 saturated carbocycles. The maximum absolute atomic E-state index is 13.8. The van der Waals surface area contributed by atoms with Gasteiger partial charge in [-0.1, -0.05) is 54.6 Å². The smallest absolute Gasteiger partial charge is 0.247 e. The van der Waals surface area contributed by atoms with Gasteiger partial charge in [0.05, 0.1) is 24.4 Å². The summed E-state index contributed by atoms with van der Waals surface area (Å²) >= 11 is 0. The monoisotopic (exact) mass is 493 g/mol. The molecule has 3 amide bonds. The van der Waals surface area contributed by atoms with Gasteiger partial charge >= 0.3 is 0 Å². The number of imide groups is 1. The summed E-state index contributed by atoms with van der Waals surface area (Å²) in [5.74, 6) is -1.19. The molecule has 0 radical (unpaired) electrons. The average molecular weight is 494 g/mol. The molecule has 2 saturated heterocycles. The molecular weight excluding hydrogens is 470 g/mol. The molecule has 8 heteroatoms. The number of rotatable bonds is 4. The molecule has 4 aliphatic heterocycles. The van der Waals surface area contributed by atoms with Crippen molar-refractivity contribution in [1.29, 1.82) is 0 Å². The Labute approximate surface area is 213 Å². The molecule has 7 rings (SSSR count). The third-order valence-corrected chi connectivity index (χ3v) is 7.65. The number of hydrogen-bond acceptors (Lipinski definition) is 6. The fourth-order valence-corrected chi connectivity index (χ4v) is 6.03. The number of nitrogens with one attached hydrogen (secondary N) is 1. The minimum Gasteiger partial charge on any atom is -0.454 e. The average Bonchev–Trinajstić information content (AvgIpc) is 3.59. The number of amides is 3. The summed E-state index contributed by atoms with van der Waals surface area (Å²) in [7, 11) is 0. The Hall–Kier alpha value is -4.59. The minimum atomic E-state index is -0.845. The van der Waals surface area contributed by atoms with Crippen molar-refractivity contribution in [3.63, 3.8) is 0 Å². The number of carbonyl (C=O) groups is 3. The second-order valence-electron chi connectivity index (χ2n) is 9.64. The Kier molecular flexibility index (Phi) is 4.82. The van der Waals surface area contributed by atoms with Gasteiger partial charge in [-0.2, -0.15) is 0 Å². The van der Waals surface area contributed by atoms with E-state index in [9.17, 15) is 14.4 Å². The molecule has 0 aromatic heterocycles. The van der Waals surface area contributed by atoms with Gasteiger partial charge in [-0.15, -0.1) is 0 Å². The molecular formula is C29H23N3O5. The molecule has 37 heavy (non-hydrogen) atoms. The number of hydrogen-bond donors (Lipinski definition) is 1. The van der Waals surface area contributed by atoms with Crippen LogP contribution in [0.1, 0.15) is 22.7 Å². The van der Waals surface area contributed by atoms with E-state index in [1.165, 1.54) is 4.90 Å². The number of anilines is 1. The summed E-state index contributed by atoms with van der Waals surface area (Å²) in [4.78, 5) is 44.6. The fraction of sp³-hybridized carbons (Fsp3) is 0.207. The van der Waals surface area contributed by atoms with Crippen LogP contribution in [0.2, 0.25) is 0 Å². The van der Waals surface area contributed by atoms with Gasteiger partial charge in [0.15, 0.2) is 11.5 Å². The molecule has 0 bridgehead atoms. The van der Waals surface area contributed by atoms with Crippen LogP contribution < -0.4 is 14.8 Å². The topological polar surface area (TPSA) is 88.2 Å². The first kappa shape index (κ1) is 21.7. The molecule has 8 nitrogen and oxygen atoms in total. The van der Waals surface area contributed by atoms with Crippen molar-refractivity contribution < 1.29 is 23.9 Å². The SMILES string of the molecule is O=C(Nc1ccc2c(c1)OCO2)[C@@H]1[C@@H]2C(=O)N(Cc3ccccc3)C(=O)[C@H]2[C@H]2c3ccccc3C=CN12. The summed E-state index contributed by atoms with van der Waals surface area (Å²) in [6, 6.07) is 21.2. The quantitative estimate of drug-likeness (QED) is 0.560. The number of benzene rings is 3. The van der Waals surface area contributed by atoms with E-state index in [4.69, 9.17) is 9.47 Å². The van der Waals surface area contributed by atoms with Gasteiger partial charge in [0, 0.05) is 18.0 Å². The number of fused-ring (bicyclic) bond motifs is 6. The molecule has 1 N–H and O–H groups in total. The highest BCUT2D eigenvalue weighted by Crippen LogP contribution is 2.53. The van der Waals surface area contributed by atoms with E-state index in [1.807, 2.05) is 71.8 Å². The first-order chi connectivity index (χ1) is 18.1. The maximum Gasteiger partial charge on any atom is 0.247 e. The summed E-state index contributed by atoms with van der Waals surface area (Å²) in [5, 5.41) is 2.95. The van der Waals surface area contributed by atoms with Crippen LogP contribution >= 0.6 is 0 Å². The van der Waals surface area contributed by atoms with E-state index in [-0.39, 0.29) is 31.1 Å². The molecule has 184 valence electrons. The highest BCUT2D eigenvalue weighted by atomic mass is 16.7. The van der Waals surface area contributed by atoms with Crippen LogP contribution in [-0.2, 0) is 20.9 Å². The van der Waals surface area contributed by atoms with Gasteiger partial charge in [0.25, 0.3) is 0 Å². The summed E-state index contributed by atoms with van der Waals surface area (Å²) in [5.41, 5.74) is 3.34.